The number of hydrogen-bond acceptors (Lipinski definition) is 8. The molecule has 0 saturated carbocycles. The van der Waals surface area contributed by atoms with Gasteiger partial charge in [0.25, 0.3) is 0 Å². The molecule has 4 aromatic rings. The molecule has 48 heavy (non-hydrogen) atoms. The first kappa shape index (κ1) is 32.7. The lowest BCUT2D eigenvalue weighted by molar-refractivity contribution is -0.207. The minimum atomic E-state index is -2.76. The van der Waals surface area contributed by atoms with Crippen LogP contribution in [-0.2, 0) is 38.1 Å². The maximum atomic E-state index is 14.9. The lowest BCUT2D eigenvalue weighted by Crippen LogP contribution is -2.58. The van der Waals surface area contributed by atoms with E-state index >= 15 is 0 Å². The SMILES string of the molecule is CC(C)(C)OC(=O)C(=O)OC(C(=O)OCC1c2ccccc2-c2ccccc21)(C(=O)OC(C)(C)C)C1c2ccccc2-c2ccccc21. The van der Waals surface area contributed by atoms with Gasteiger partial charge in [0.15, 0.2) is 0 Å². The fourth-order valence-electron chi connectivity index (χ4n) is 6.62. The molecule has 2 aliphatic carbocycles. The number of carbonyl (C=O) groups is 4. The summed E-state index contributed by atoms with van der Waals surface area (Å²) < 4.78 is 23.2. The molecule has 0 amide bonds. The summed E-state index contributed by atoms with van der Waals surface area (Å²) in [6, 6.07) is 30.2. The first-order valence-electron chi connectivity index (χ1n) is 15.9. The maximum Gasteiger partial charge on any atom is 0.419 e. The molecule has 8 heteroatoms. The van der Waals surface area contributed by atoms with Crippen LogP contribution in [0.15, 0.2) is 97.1 Å². The first-order valence-corrected chi connectivity index (χ1v) is 15.9. The van der Waals surface area contributed by atoms with E-state index in [-0.39, 0.29) is 12.5 Å². The number of rotatable bonds is 6. The van der Waals surface area contributed by atoms with Gasteiger partial charge < -0.3 is 18.9 Å². The molecule has 0 saturated heterocycles. The van der Waals surface area contributed by atoms with Crippen LogP contribution in [0.25, 0.3) is 22.3 Å². The molecule has 1 atom stereocenters. The van der Waals surface area contributed by atoms with Crippen molar-refractivity contribution in [2.75, 3.05) is 6.61 Å². The van der Waals surface area contributed by atoms with Crippen molar-refractivity contribution in [3.63, 3.8) is 0 Å². The molecule has 0 heterocycles. The van der Waals surface area contributed by atoms with E-state index in [0.717, 1.165) is 33.4 Å². The Labute approximate surface area is 280 Å². The van der Waals surface area contributed by atoms with Crippen molar-refractivity contribution in [1.29, 1.82) is 0 Å². The highest BCUT2D eigenvalue weighted by molar-refractivity contribution is 6.31. The summed E-state index contributed by atoms with van der Waals surface area (Å²) in [7, 11) is 0. The van der Waals surface area contributed by atoms with Crippen LogP contribution in [0.1, 0.15) is 75.6 Å². The number of hydrogen-bond donors (Lipinski definition) is 0. The van der Waals surface area contributed by atoms with Crippen LogP contribution < -0.4 is 0 Å². The normalized spacial score (nSPS) is 14.9. The van der Waals surface area contributed by atoms with E-state index in [0.29, 0.717) is 11.1 Å². The van der Waals surface area contributed by atoms with E-state index in [1.165, 1.54) is 0 Å². The van der Waals surface area contributed by atoms with Crippen molar-refractivity contribution in [3.05, 3.63) is 119 Å². The van der Waals surface area contributed by atoms with Gasteiger partial charge in [0.05, 0.1) is 5.92 Å². The standard InChI is InChI=1S/C40H38O8/c1-38(2,3)46-34(41)35(42)47-40(37(44)48-39(4,5)6,33-30-21-13-11-17-26(30)27-18-12-14-22-31(27)33)36(43)45-23-32-28-19-9-7-15-24(28)25-16-8-10-20-29(25)32/h7-22,32-33H,23H2,1-6H3. The second-order valence-corrected chi connectivity index (χ2v) is 14.1. The van der Waals surface area contributed by atoms with Crippen molar-refractivity contribution >= 4 is 23.9 Å². The minimum absolute atomic E-state index is 0.169. The van der Waals surface area contributed by atoms with E-state index in [1.807, 2.05) is 72.8 Å². The van der Waals surface area contributed by atoms with Gasteiger partial charge >= 0.3 is 29.5 Å². The molecule has 4 aromatic carbocycles. The van der Waals surface area contributed by atoms with Gasteiger partial charge in [-0.15, -0.1) is 0 Å². The van der Waals surface area contributed by atoms with Crippen molar-refractivity contribution in [1.82, 2.24) is 0 Å². The zero-order chi connectivity index (χ0) is 34.4. The van der Waals surface area contributed by atoms with Crippen LogP contribution in [0.4, 0.5) is 0 Å². The second kappa shape index (κ2) is 12.1. The summed E-state index contributed by atoms with van der Waals surface area (Å²) in [5.74, 6) is -6.77. The summed E-state index contributed by atoms with van der Waals surface area (Å²) in [6.07, 6.45) is 0. The Kier molecular flexibility index (Phi) is 8.23. The molecule has 0 spiro atoms. The number of benzene rings is 4. The third kappa shape index (κ3) is 5.87. The summed E-state index contributed by atoms with van der Waals surface area (Å²) in [5, 5.41) is 0. The van der Waals surface area contributed by atoms with Crippen LogP contribution >= 0.6 is 0 Å². The van der Waals surface area contributed by atoms with E-state index in [1.54, 1.807) is 65.8 Å². The Hall–Kier alpha value is -5.24. The fourth-order valence-corrected chi connectivity index (χ4v) is 6.62. The van der Waals surface area contributed by atoms with Crippen LogP contribution in [-0.4, -0.2) is 47.3 Å². The van der Waals surface area contributed by atoms with E-state index in [2.05, 4.69) is 0 Å². The molecular weight excluding hydrogens is 608 g/mol. The largest absolute Gasteiger partial charge is 0.461 e. The topological polar surface area (TPSA) is 105 Å². The summed E-state index contributed by atoms with van der Waals surface area (Å²) in [6.45, 7) is 9.52. The molecular formula is C40H38O8. The van der Waals surface area contributed by atoms with E-state index in [4.69, 9.17) is 18.9 Å². The zero-order valence-corrected chi connectivity index (χ0v) is 27.9. The average molecular weight is 647 g/mol. The molecule has 8 nitrogen and oxygen atoms in total. The Balaban J connectivity index is 1.50. The van der Waals surface area contributed by atoms with Crippen LogP contribution in [0.5, 0.6) is 0 Å². The lowest BCUT2D eigenvalue weighted by atomic mass is 9.79. The van der Waals surface area contributed by atoms with Gasteiger partial charge in [-0.05, 0) is 86.1 Å². The van der Waals surface area contributed by atoms with Crippen LogP contribution in [0.3, 0.4) is 0 Å². The predicted octanol–water partition coefficient (Wildman–Crippen LogP) is 7.12. The van der Waals surface area contributed by atoms with Crippen molar-refractivity contribution in [2.45, 2.75) is 70.2 Å². The maximum absolute atomic E-state index is 14.9. The monoisotopic (exact) mass is 646 g/mol. The number of esters is 4. The Bertz CT molecular complexity index is 1840. The fraction of sp³-hybridized carbons (Fsp3) is 0.300. The second-order valence-electron chi connectivity index (χ2n) is 14.1. The smallest absolute Gasteiger partial charge is 0.419 e. The third-order valence-corrected chi connectivity index (χ3v) is 8.41. The van der Waals surface area contributed by atoms with Gasteiger partial charge in [0, 0.05) is 5.92 Å². The molecule has 0 radical (unpaired) electrons. The van der Waals surface area contributed by atoms with E-state index < -0.39 is 46.6 Å². The quantitative estimate of drug-likeness (QED) is 0.0944. The molecule has 0 aliphatic heterocycles. The van der Waals surface area contributed by atoms with E-state index in [9.17, 15) is 19.2 Å². The third-order valence-electron chi connectivity index (χ3n) is 8.41. The molecule has 6 rings (SSSR count). The Morgan fingerprint density at radius 1 is 0.500 bits per heavy atom. The van der Waals surface area contributed by atoms with Crippen LogP contribution in [0, 0.1) is 0 Å². The van der Waals surface area contributed by atoms with Crippen molar-refractivity contribution < 1.29 is 38.1 Å². The molecule has 2 aliphatic rings. The lowest BCUT2D eigenvalue weighted by Gasteiger charge is -2.37. The highest BCUT2D eigenvalue weighted by atomic mass is 16.7. The molecule has 0 N–H and O–H groups in total. The summed E-state index contributed by atoms with van der Waals surface area (Å²) >= 11 is 0. The number of carbonyl (C=O) groups excluding carboxylic acids is 4. The molecule has 0 fully saturated rings. The first-order chi connectivity index (χ1) is 22.7. The van der Waals surface area contributed by atoms with Gasteiger partial charge in [0.1, 0.15) is 17.8 Å². The summed E-state index contributed by atoms with van der Waals surface area (Å²) in [5.41, 5.74) is 1.57. The van der Waals surface area contributed by atoms with Crippen molar-refractivity contribution in [2.24, 2.45) is 0 Å². The van der Waals surface area contributed by atoms with Crippen LogP contribution in [0.2, 0.25) is 0 Å². The number of ether oxygens (including phenoxy) is 4. The molecule has 0 bridgehead atoms. The van der Waals surface area contributed by atoms with Crippen molar-refractivity contribution in [3.8, 4) is 22.3 Å². The predicted molar refractivity (Wildman–Crippen MR) is 179 cm³/mol. The van der Waals surface area contributed by atoms with Gasteiger partial charge in [-0.25, -0.2) is 19.2 Å². The highest BCUT2D eigenvalue weighted by Crippen LogP contribution is 2.52. The molecule has 0 aromatic heterocycles. The zero-order valence-electron chi connectivity index (χ0n) is 27.9. The minimum Gasteiger partial charge on any atom is -0.461 e. The number of fused-ring (bicyclic) bond motifs is 6. The van der Waals surface area contributed by atoms with Gasteiger partial charge in [0.2, 0.25) is 0 Å². The summed E-state index contributed by atoms with van der Waals surface area (Å²) in [4.78, 5) is 56.3. The molecule has 1 unspecified atom stereocenters. The molecule has 246 valence electrons. The highest BCUT2D eigenvalue weighted by Gasteiger charge is 2.63. The Morgan fingerprint density at radius 2 is 0.875 bits per heavy atom. The Morgan fingerprint density at radius 3 is 1.31 bits per heavy atom. The van der Waals surface area contributed by atoms with Gasteiger partial charge in [-0.2, -0.15) is 0 Å². The van der Waals surface area contributed by atoms with Gasteiger partial charge in [-0.3, -0.25) is 0 Å². The van der Waals surface area contributed by atoms with Gasteiger partial charge in [-0.1, -0.05) is 97.1 Å². The average Bonchev–Trinajstić information content (AvgIpc) is 3.54.